The van der Waals surface area contributed by atoms with Crippen LogP contribution in [0.25, 0.3) is 11.3 Å². The average molecular weight is 595 g/mol. The summed E-state index contributed by atoms with van der Waals surface area (Å²) >= 11 is 4.81. The van der Waals surface area contributed by atoms with Crippen LogP contribution in [-0.4, -0.2) is 61.7 Å². The molecule has 0 saturated carbocycles. The number of carbonyl (C=O) groups excluding carboxylic acids is 1. The van der Waals surface area contributed by atoms with E-state index < -0.39 is 21.2 Å². The zero-order valence-corrected chi connectivity index (χ0v) is 23.3. The molecule has 2 aromatic heterocycles. The summed E-state index contributed by atoms with van der Waals surface area (Å²) in [5.41, 5.74) is -1.84. The maximum Gasteiger partial charge on any atom is 0.487 e. The van der Waals surface area contributed by atoms with Crippen LogP contribution < -0.4 is 15.0 Å². The van der Waals surface area contributed by atoms with Crippen LogP contribution in [0.3, 0.4) is 0 Å². The van der Waals surface area contributed by atoms with Gasteiger partial charge in [-0.05, 0) is 62.1 Å². The fraction of sp³-hybridized carbons (Fsp3) is 0.423. The number of nitrogens with zero attached hydrogens (tertiary/aromatic N) is 4. The number of alkyl halides is 3. The summed E-state index contributed by atoms with van der Waals surface area (Å²) in [5.74, 6) is -0.0143. The summed E-state index contributed by atoms with van der Waals surface area (Å²) in [5, 5.41) is 6.96. The van der Waals surface area contributed by atoms with Crippen molar-refractivity contribution in [2.24, 2.45) is 0 Å². The van der Waals surface area contributed by atoms with Crippen LogP contribution in [0.15, 0.2) is 48.8 Å². The fourth-order valence-corrected chi connectivity index (χ4v) is 6.04. The van der Waals surface area contributed by atoms with Gasteiger partial charge in [-0.1, -0.05) is 0 Å². The van der Waals surface area contributed by atoms with E-state index in [-0.39, 0.29) is 22.8 Å². The first-order valence-corrected chi connectivity index (χ1v) is 15.2. The van der Waals surface area contributed by atoms with E-state index in [4.69, 9.17) is 21.1 Å². The normalized spacial score (nSPS) is 21.1. The summed E-state index contributed by atoms with van der Waals surface area (Å²) in [6.07, 6.45) is 7.72. The van der Waals surface area contributed by atoms with Crippen LogP contribution in [-0.2, 0) is 14.5 Å². The van der Waals surface area contributed by atoms with Crippen LogP contribution in [0.4, 0.5) is 20.3 Å². The lowest BCUT2D eigenvalue weighted by molar-refractivity contribution is -0.0964. The van der Waals surface area contributed by atoms with Crippen molar-refractivity contribution >= 4 is 38.7 Å². The molecule has 1 amide bonds. The van der Waals surface area contributed by atoms with Gasteiger partial charge in [0, 0.05) is 70.9 Å². The van der Waals surface area contributed by atoms with E-state index in [2.05, 4.69) is 20.1 Å². The molecule has 5 rings (SSSR count). The number of benzene rings is 1. The van der Waals surface area contributed by atoms with Gasteiger partial charge >= 0.3 is 5.57 Å². The standard InChI is InChI=1S/C26H29ClF2N6O4S/c1-40(30,37)20-10-12-34(16-20)24-21(22-9-11-32-35(22)23-4-2-3-13-38-23)14-17(15-31-24)25(36)33-18-5-7-19(8-6-18)39-26(27,28)29/h5-9,11,14-15,20,23,30H,2-4,10,12-13,16H2,1H3,(H,33,36)/t20-,23?,40?/m0/s1. The minimum atomic E-state index is -3.84. The molecule has 1 aromatic carbocycles. The maximum atomic E-state index is 13.2. The second kappa shape index (κ2) is 11.3. The molecule has 2 aliphatic heterocycles. The Bertz CT molecular complexity index is 1470. The molecule has 0 bridgehead atoms. The van der Waals surface area contributed by atoms with Gasteiger partial charge in [0.2, 0.25) is 0 Å². The van der Waals surface area contributed by atoms with Crippen LogP contribution in [0, 0.1) is 4.78 Å². The Hall–Kier alpha value is -3.29. The van der Waals surface area contributed by atoms with Crippen molar-refractivity contribution in [3.8, 4) is 17.0 Å². The van der Waals surface area contributed by atoms with Gasteiger partial charge in [-0.3, -0.25) is 9.57 Å². The third-order valence-electron chi connectivity index (χ3n) is 6.93. The number of rotatable bonds is 8. The lowest BCUT2D eigenvalue weighted by Gasteiger charge is -2.26. The molecule has 40 heavy (non-hydrogen) atoms. The van der Waals surface area contributed by atoms with E-state index in [0.29, 0.717) is 43.2 Å². The van der Waals surface area contributed by atoms with Gasteiger partial charge in [0.15, 0.2) is 6.23 Å². The molecule has 2 fully saturated rings. The lowest BCUT2D eigenvalue weighted by Crippen LogP contribution is -2.27. The Morgan fingerprint density at radius 1 is 1.25 bits per heavy atom. The molecule has 0 aliphatic carbocycles. The van der Waals surface area contributed by atoms with Crippen molar-refractivity contribution in [1.29, 1.82) is 4.78 Å². The van der Waals surface area contributed by atoms with Crippen molar-refractivity contribution in [3.05, 3.63) is 54.4 Å². The topological polar surface area (TPSA) is 122 Å². The monoisotopic (exact) mass is 594 g/mol. The van der Waals surface area contributed by atoms with Crippen molar-refractivity contribution in [2.45, 2.75) is 42.7 Å². The molecular weight excluding hydrogens is 566 g/mol. The molecule has 2 aliphatic rings. The number of carbonyl (C=O) groups is 1. The Labute approximate surface area is 235 Å². The first-order valence-electron chi connectivity index (χ1n) is 12.8. The second-order valence-electron chi connectivity index (χ2n) is 9.86. The van der Waals surface area contributed by atoms with E-state index >= 15 is 0 Å². The van der Waals surface area contributed by atoms with E-state index in [1.807, 2.05) is 11.0 Å². The first kappa shape index (κ1) is 28.2. The smallest absolute Gasteiger partial charge is 0.420 e. The first-order chi connectivity index (χ1) is 19.0. The van der Waals surface area contributed by atoms with Gasteiger partial charge in [0.25, 0.3) is 5.91 Å². The van der Waals surface area contributed by atoms with Gasteiger partial charge in [-0.2, -0.15) is 5.10 Å². The SMILES string of the molecule is CS(=N)(=O)[C@H]1CCN(c2ncc(C(=O)Nc3ccc(OC(F)(F)Cl)cc3)cc2-c2ccnn2C2CCCCO2)C1. The number of pyridine rings is 1. The third-order valence-corrected chi connectivity index (χ3v) is 8.66. The highest BCUT2D eigenvalue weighted by molar-refractivity contribution is 7.92. The molecule has 3 aromatic rings. The second-order valence-corrected chi connectivity index (χ2v) is 12.8. The van der Waals surface area contributed by atoms with Crippen molar-refractivity contribution in [3.63, 3.8) is 0 Å². The molecule has 2 unspecified atom stereocenters. The number of halogens is 3. The van der Waals surface area contributed by atoms with E-state index in [0.717, 1.165) is 25.0 Å². The van der Waals surface area contributed by atoms with Crippen LogP contribution in [0.1, 0.15) is 42.3 Å². The molecule has 10 nitrogen and oxygen atoms in total. The number of hydrogen-bond acceptors (Lipinski definition) is 8. The Morgan fingerprint density at radius 2 is 2.02 bits per heavy atom. The molecular formula is C26H29ClF2N6O4S. The summed E-state index contributed by atoms with van der Waals surface area (Å²) in [4.78, 5) is 19.8. The zero-order chi connectivity index (χ0) is 28.5. The number of hydrogen-bond donors (Lipinski definition) is 2. The van der Waals surface area contributed by atoms with E-state index in [1.165, 1.54) is 36.7 Å². The third kappa shape index (κ3) is 6.53. The van der Waals surface area contributed by atoms with E-state index in [1.54, 1.807) is 16.9 Å². The molecule has 4 heterocycles. The van der Waals surface area contributed by atoms with Crippen LogP contribution >= 0.6 is 11.6 Å². The molecule has 214 valence electrons. The molecule has 0 spiro atoms. The van der Waals surface area contributed by atoms with Gasteiger partial charge in [-0.15, -0.1) is 8.78 Å². The Kier molecular flexibility index (Phi) is 7.98. The average Bonchev–Trinajstić information content (AvgIpc) is 3.60. The highest BCUT2D eigenvalue weighted by Gasteiger charge is 2.32. The Balaban J connectivity index is 1.45. The zero-order valence-electron chi connectivity index (χ0n) is 21.7. The van der Waals surface area contributed by atoms with Crippen molar-refractivity contribution in [2.75, 3.05) is 36.2 Å². The summed E-state index contributed by atoms with van der Waals surface area (Å²) in [6, 6.07) is 8.93. The van der Waals surface area contributed by atoms with Crippen LogP contribution in [0.5, 0.6) is 5.75 Å². The van der Waals surface area contributed by atoms with Crippen LogP contribution in [0.2, 0.25) is 0 Å². The lowest BCUT2D eigenvalue weighted by atomic mass is 10.1. The predicted octanol–water partition coefficient (Wildman–Crippen LogP) is 5.32. The highest BCUT2D eigenvalue weighted by Crippen LogP contribution is 2.36. The maximum absolute atomic E-state index is 13.2. The highest BCUT2D eigenvalue weighted by atomic mass is 35.5. The van der Waals surface area contributed by atoms with Gasteiger partial charge < -0.3 is 19.7 Å². The fourth-order valence-electron chi connectivity index (χ4n) is 4.93. The number of nitrogens with one attached hydrogen (secondary N) is 2. The largest absolute Gasteiger partial charge is 0.487 e. The number of aromatic nitrogens is 3. The minimum absolute atomic E-state index is 0.155. The van der Waals surface area contributed by atoms with Crippen molar-refractivity contribution < 1.29 is 27.3 Å². The Morgan fingerprint density at radius 3 is 2.67 bits per heavy atom. The summed E-state index contributed by atoms with van der Waals surface area (Å²) in [6.45, 7) is 1.62. The quantitative estimate of drug-likeness (QED) is 0.338. The predicted molar refractivity (Wildman–Crippen MR) is 148 cm³/mol. The number of amides is 1. The number of ether oxygens (including phenoxy) is 2. The molecule has 2 N–H and O–H groups in total. The summed E-state index contributed by atoms with van der Waals surface area (Å²) < 4.78 is 58.3. The van der Waals surface area contributed by atoms with Gasteiger partial charge in [0.05, 0.1) is 16.5 Å². The number of anilines is 2. The van der Waals surface area contributed by atoms with E-state index in [9.17, 15) is 17.8 Å². The minimum Gasteiger partial charge on any atom is -0.420 e. The van der Waals surface area contributed by atoms with Gasteiger partial charge in [0.1, 0.15) is 11.6 Å². The molecule has 0 radical (unpaired) electrons. The summed E-state index contributed by atoms with van der Waals surface area (Å²) in [7, 11) is -2.73. The molecule has 3 atom stereocenters. The van der Waals surface area contributed by atoms with Crippen molar-refractivity contribution in [1.82, 2.24) is 14.8 Å². The molecule has 14 heteroatoms. The molecule has 2 saturated heterocycles. The van der Waals surface area contributed by atoms with Gasteiger partial charge in [-0.25, -0.2) is 13.9 Å².